The van der Waals surface area contributed by atoms with Gasteiger partial charge in [0, 0.05) is 17.1 Å². The van der Waals surface area contributed by atoms with Crippen molar-refractivity contribution in [2.24, 2.45) is 4.40 Å². The molecular formula is C9H7I3NO3S-. The van der Waals surface area contributed by atoms with Gasteiger partial charge in [0.2, 0.25) is 10.0 Å². The molecular weight excluding hydrogens is 583 g/mol. The zero-order valence-corrected chi connectivity index (χ0v) is 15.9. The van der Waals surface area contributed by atoms with E-state index >= 15 is 0 Å². The molecule has 4 nitrogen and oxygen atoms in total. The summed E-state index contributed by atoms with van der Waals surface area (Å²) in [7, 11) is -3.61. The van der Waals surface area contributed by atoms with Crippen LogP contribution in [0.5, 0.6) is 0 Å². The lowest BCUT2D eigenvalue weighted by atomic mass is 10.1. The topological polar surface area (TPSA) is 69.6 Å². The molecule has 0 aromatic heterocycles. The molecule has 0 N–H and O–H groups in total. The van der Waals surface area contributed by atoms with Crippen LogP contribution in [0, 0.1) is 10.7 Å². The van der Waals surface area contributed by atoms with Gasteiger partial charge in [-0.1, -0.05) is 0 Å². The SMILES string of the molecule is CS(=O)(=O)/N=C(\[O-])Cc1cc(I)cc(I)c1I. The van der Waals surface area contributed by atoms with E-state index in [-0.39, 0.29) is 6.42 Å². The third kappa shape index (κ3) is 5.55. The number of sulfonamides is 1. The minimum absolute atomic E-state index is 0.0121. The summed E-state index contributed by atoms with van der Waals surface area (Å²) in [4.78, 5) is 0. The van der Waals surface area contributed by atoms with E-state index in [9.17, 15) is 13.5 Å². The Morgan fingerprint density at radius 1 is 1.35 bits per heavy atom. The van der Waals surface area contributed by atoms with Gasteiger partial charge >= 0.3 is 0 Å². The molecule has 17 heavy (non-hydrogen) atoms. The maximum atomic E-state index is 11.4. The summed E-state index contributed by atoms with van der Waals surface area (Å²) in [5.41, 5.74) is 0.805. The fourth-order valence-electron chi connectivity index (χ4n) is 1.12. The predicted octanol–water partition coefficient (Wildman–Crippen LogP) is 1.76. The van der Waals surface area contributed by atoms with Crippen molar-refractivity contribution in [1.29, 1.82) is 0 Å². The van der Waals surface area contributed by atoms with E-state index in [1.165, 1.54) is 0 Å². The van der Waals surface area contributed by atoms with Gasteiger partial charge in [-0.2, -0.15) is 4.40 Å². The van der Waals surface area contributed by atoms with Crippen LogP contribution in [0.1, 0.15) is 5.56 Å². The zero-order chi connectivity index (χ0) is 13.2. The second kappa shape index (κ2) is 6.32. The van der Waals surface area contributed by atoms with E-state index < -0.39 is 15.9 Å². The Balaban J connectivity index is 3.09. The molecule has 0 spiro atoms. The van der Waals surface area contributed by atoms with E-state index in [1.54, 1.807) is 0 Å². The van der Waals surface area contributed by atoms with Crippen LogP contribution in [0.15, 0.2) is 16.5 Å². The highest BCUT2D eigenvalue weighted by molar-refractivity contribution is 14.1. The highest BCUT2D eigenvalue weighted by atomic mass is 127. The standard InChI is InChI=1S/C9H8I3NO3S/c1-17(15,16)13-8(14)3-5-2-6(10)4-7(11)9(5)12/h2,4H,3H2,1H3,(H,13,14)/p-1. The van der Waals surface area contributed by atoms with Gasteiger partial charge in [-0.05, 0) is 91.4 Å². The van der Waals surface area contributed by atoms with Crippen molar-refractivity contribution in [2.75, 3.05) is 6.26 Å². The normalized spacial score (nSPS) is 12.8. The molecule has 0 aliphatic heterocycles. The fraction of sp³-hybridized carbons (Fsp3) is 0.222. The molecule has 0 aliphatic carbocycles. The third-order valence-electron chi connectivity index (χ3n) is 1.68. The minimum Gasteiger partial charge on any atom is -0.861 e. The van der Waals surface area contributed by atoms with Crippen LogP contribution in [0.25, 0.3) is 0 Å². The molecule has 0 saturated heterocycles. The Bertz CT molecular complexity index is 569. The first-order valence-electron chi connectivity index (χ1n) is 4.28. The van der Waals surface area contributed by atoms with Crippen molar-refractivity contribution in [1.82, 2.24) is 0 Å². The van der Waals surface area contributed by atoms with Crippen LogP contribution in [-0.4, -0.2) is 20.6 Å². The first-order chi connectivity index (χ1) is 7.69. The maximum Gasteiger partial charge on any atom is 0.249 e. The molecule has 0 fully saturated rings. The van der Waals surface area contributed by atoms with E-state index in [0.29, 0.717) is 0 Å². The molecule has 0 unspecified atom stereocenters. The van der Waals surface area contributed by atoms with Gasteiger partial charge in [0.25, 0.3) is 0 Å². The van der Waals surface area contributed by atoms with Crippen molar-refractivity contribution in [3.63, 3.8) is 0 Å². The molecule has 1 aromatic carbocycles. The summed E-state index contributed by atoms with van der Waals surface area (Å²) in [6.45, 7) is 0. The van der Waals surface area contributed by atoms with E-state index in [1.807, 2.05) is 12.1 Å². The number of rotatable bonds is 3. The van der Waals surface area contributed by atoms with Crippen LogP contribution in [0.2, 0.25) is 0 Å². The van der Waals surface area contributed by atoms with E-state index in [0.717, 1.165) is 22.5 Å². The maximum absolute atomic E-state index is 11.4. The first kappa shape index (κ1) is 15.9. The number of nitrogens with zero attached hydrogens (tertiary/aromatic N) is 1. The highest BCUT2D eigenvalue weighted by Gasteiger charge is 2.06. The molecule has 8 heteroatoms. The molecule has 1 rings (SSSR count). The summed E-state index contributed by atoms with van der Waals surface area (Å²) >= 11 is 6.47. The Morgan fingerprint density at radius 3 is 2.47 bits per heavy atom. The Hall–Kier alpha value is 0.830. The number of hydrogen-bond donors (Lipinski definition) is 0. The van der Waals surface area contributed by atoms with Crippen molar-refractivity contribution in [2.45, 2.75) is 6.42 Å². The van der Waals surface area contributed by atoms with Crippen LogP contribution in [0.3, 0.4) is 0 Å². The monoisotopic (exact) mass is 590 g/mol. The number of halogens is 3. The molecule has 0 aliphatic rings. The fourth-order valence-corrected chi connectivity index (χ4v) is 4.02. The lowest BCUT2D eigenvalue weighted by molar-refractivity contribution is -0.217. The average molecular weight is 590 g/mol. The van der Waals surface area contributed by atoms with Crippen LogP contribution < -0.4 is 5.11 Å². The van der Waals surface area contributed by atoms with Crippen LogP contribution >= 0.6 is 67.8 Å². The summed E-state index contributed by atoms with van der Waals surface area (Å²) in [6, 6.07) is 3.85. The molecule has 0 bridgehead atoms. The molecule has 1 aromatic rings. The van der Waals surface area contributed by atoms with Gasteiger partial charge in [0.15, 0.2) is 0 Å². The Morgan fingerprint density at radius 2 is 1.94 bits per heavy atom. The first-order valence-corrected chi connectivity index (χ1v) is 9.37. The minimum atomic E-state index is -3.61. The summed E-state index contributed by atoms with van der Waals surface area (Å²) < 4.78 is 27.9. The van der Waals surface area contributed by atoms with Crippen LogP contribution in [0.4, 0.5) is 0 Å². The predicted molar refractivity (Wildman–Crippen MR) is 90.6 cm³/mol. The summed E-state index contributed by atoms with van der Waals surface area (Å²) in [6.07, 6.45) is 0.923. The Kier molecular flexibility index (Phi) is 5.91. The largest absolute Gasteiger partial charge is 0.861 e. The van der Waals surface area contributed by atoms with Gasteiger partial charge in [-0.25, -0.2) is 8.42 Å². The van der Waals surface area contributed by atoms with Crippen molar-refractivity contribution in [3.8, 4) is 0 Å². The molecule has 0 amide bonds. The highest BCUT2D eigenvalue weighted by Crippen LogP contribution is 2.23. The number of hydrogen-bond acceptors (Lipinski definition) is 3. The van der Waals surface area contributed by atoms with Gasteiger partial charge in [0.1, 0.15) is 0 Å². The quantitative estimate of drug-likeness (QED) is 0.234. The van der Waals surface area contributed by atoms with E-state index in [4.69, 9.17) is 0 Å². The molecule has 0 heterocycles. The van der Waals surface area contributed by atoms with E-state index in [2.05, 4.69) is 72.2 Å². The molecule has 0 radical (unpaired) electrons. The summed E-state index contributed by atoms with van der Waals surface area (Å²) in [5, 5.41) is 11.4. The zero-order valence-electron chi connectivity index (χ0n) is 8.58. The van der Waals surface area contributed by atoms with Gasteiger partial charge in [-0.15, -0.1) is 0 Å². The third-order valence-corrected chi connectivity index (χ3v) is 5.99. The lowest BCUT2D eigenvalue weighted by Gasteiger charge is -2.12. The van der Waals surface area contributed by atoms with Crippen LogP contribution in [-0.2, 0) is 16.4 Å². The van der Waals surface area contributed by atoms with Crippen molar-refractivity contribution in [3.05, 3.63) is 28.4 Å². The lowest BCUT2D eigenvalue weighted by Crippen LogP contribution is -2.22. The molecule has 0 saturated carbocycles. The average Bonchev–Trinajstić information content (AvgIpc) is 2.10. The molecule has 94 valence electrons. The second-order valence-electron chi connectivity index (χ2n) is 3.26. The van der Waals surface area contributed by atoms with Crippen molar-refractivity contribution < 1.29 is 13.5 Å². The number of benzene rings is 1. The smallest absolute Gasteiger partial charge is 0.249 e. The molecule has 0 atom stereocenters. The summed E-state index contributed by atoms with van der Waals surface area (Å²) in [5.74, 6) is -0.636. The second-order valence-corrected chi connectivity index (χ2v) is 8.39. The van der Waals surface area contributed by atoms with Gasteiger partial charge < -0.3 is 5.11 Å². The van der Waals surface area contributed by atoms with Gasteiger partial charge in [0.05, 0.1) is 6.26 Å². The van der Waals surface area contributed by atoms with Gasteiger partial charge in [-0.3, -0.25) is 0 Å². The Labute approximate surface area is 141 Å². The van der Waals surface area contributed by atoms with Crippen molar-refractivity contribution >= 4 is 83.7 Å².